The number of aryl methyl sites for hydroxylation is 1. The third-order valence-corrected chi connectivity index (χ3v) is 3.07. The highest BCUT2D eigenvalue weighted by Gasteiger charge is 2.08. The summed E-state index contributed by atoms with van der Waals surface area (Å²) in [5.74, 6) is -0.293. The van der Waals surface area contributed by atoms with Gasteiger partial charge in [-0.1, -0.05) is 18.2 Å². The van der Waals surface area contributed by atoms with Crippen LogP contribution < -0.4 is 11.1 Å². The van der Waals surface area contributed by atoms with Gasteiger partial charge in [0.05, 0.1) is 0 Å². The van der Waals surface area contributed by atoms with Crippen LogP contribution in [0.2, 0.25) is 0 Å². The zero-order valence-electron chi connectivity index (χ0n) is 11.4. The van der Waals surface area contributed by atoms with E-state index in [4.69, 9.17) is 5.73 Å². The predicted molar refractivity (Wildman–Crippen MR) is 80.0 cm³/mol. The molecular weight excluding hydrogens is 252 g/mol. The van der Waals surface area contributed by atoms with Crippen LogP contribution >= 0.6 is 0 Å². The number of Topliss-reactive ketones (excluding diaryl/α,β-unsaturated/α-hetero) is 1. The van der Waals surface area contributed by atoms with Gasteiger partial charge in [-0.3, -0.25) is 9.59 Å². The molecule has 0 aliphatic rings. The highest BCUT2D eigenvalue weighted by molar-refractivity contribution is 6.05. The van der Waals surface area contributed by atoms with Crippen molar-refractivity contribution in [2.75, 3.05) is 11.1 Å². The van der Waals surface area contributed by atoms with Gasteiger partial charge < -0.3 is 11.1 Å². The molecule has 4 nitrogen and oxygen atoms in total. The van der Waals surface area contributed by atoms with Gasteiger partial charge in [-0.25, -0.2) is 0 Å². The Hall–Kier alpha value is -2.62. The summed E-state index contributed by atoms with van der Waals surface area (Å²) in [5.41, 5.74) is 8.93. The van der Waals surface area contributed by atoms with Gasteiger partial charge in [0.2, 0.25) is 0 Å². The van der Waals surface area contributed by atoms with Crippen LogP contribution in [0.3, 0.4) is 0 Å². The molecule has 0 aromatic heterocycles. The lowest BCUT2D eigenvalue weighted by Gasteiger charge is -2.08. The molecule has 0 radical (unpaired) electrons. The number of hydrogen-bond acceptors (Lipinski definition) is 3. The Balaban J connectivity index is 2.21. The summed E-state index contributed by atoms with van der Waals surface area (Å²) in [6.07, 6.45) is 0. The van der Waals surface area contributed by atoms with Crippen molar-refractivity contribution in [3.05, 3.63) is 59.2 Å². The molecule has 3 N–H and O–H groups in total. The molecule has 0 unspecified atom stereocenters. The van der Waals surface area contributed by atoms with E-state index in [1.165, 1.54) is 6.92 Å². The lowest BCUT2D eigenvalue weighted by Crippen LogP contribution is -2.12. The maximum absolute atomic E-state index is 12.1. The van der Waals surface area contributed by atoms with E-state index in [0.29, 0.717) is 22.5 Å². The fraction of sp³-hybridized carbons (Fsp3) is 0.125. The molecule has 0 fully saturated rings. The summed E-state index contributed by atoms with van der Waals surface area (Å²) >= 11 is 0. The normalized spacial score (nSPS) is 10.1. The minimum Gasteiger partial charge on any atom is -0.398 e. The van der Waals surface area contributed by atoms with Gasteiger partial charge in [-0.05, 0) is 43.7 Å². The van der Waals surface area contributed by atoms with E-state index < -0.39 is 0 Å². The van der Waals surface area contributed by atoms with Crippen molar-refractivity contribution in [3.63, 3.8) is 0 Å². The summed E-state index contributed by atoms with van der Waals surface area (Å²) in [7, 11) is 0. The maximum Gasteiger partial charge on any atom is 0.255 e. The lowest BCUT2D eigenvalue weighted by atomic mass is 10.1. The summed E-state index contributed by atoms with van der Waals surface area (Å²) in [6, 6.07) is 12.0. The Morgan fingerprint density at radius 2 is 1.80 bits per heavy atom. The number of hydrogen-bond donors (Lipinski definition) is 2. The van der Waals surface area contributed by atoms with E-state index in [9.17, 15) is 9.59 Å². The van der Waals surface area contributed by atoms with Crippen molar-refractivity contribution in [1.82, 2.24) is 0 Å². The van der Waals surface area contributed by atoms with Crippen LogP contribution in [0, 0.1) is 6.92 Å². The van der Waals surface area contributed by atoms with Crippen molar-refractivity contribution >= 4 is 23.1 Å². The first-order valence-corrected chi connectivity index (χ1v) is 6.26. The number of carbonyl (C=O) groups excluding carboxylic acids is 2. The van der Waals surface area contributed by atoms with Crippen molar-refractivity contribution in [2.24, 2.45) is 0 Å². The van der Waals surface area contributed by atoms with Crippen LogP contribution in [0.15, 0.2) is 42.5 Å². The van der Waals surface area contributed by atoms with Crippen LogP contribution in [0.25, 0.3) is 0 Å². The highest BCUT2D eigenvalue weighted by atomic mass is 16.1. The van der Waals surface area contributed by atoms with Crippen molar-refractivity contribution in [1.29, 1.82) is 0 Å². The van der Waals surface area contributed by atoms with Crippen LogP contribution in [0.4, 0.5) is 11.4 Å². The Morgan fingerprint density at radius 3 is 2.45 bits per heavy atom. The van der Waals surface area contributed by atoms with Gasteiger partial charge in [-0.2, -0.15) is 0 Å². The second kappa shape index (κ2) is 5.57. The van der Waals surface area contributed by atoms with Gasteiger partial charge in [0, 0.05) is 22.5 Å². The minimum absolute atomic E-state index is 0.0410. The molecule has 0 aliphatic heterocycles. The first-order valence-electron chi connectivity index (χ1n) is 6.26. The lowest BCUT2D eigenvalue weighted by molar-refractivity contribution is 0.101. The van der Waals surface area contributed by atoms with Crippen LogP contribution in [0.5, 0.6) is 0 Å². The van der Waals surface area contributed by atoms with Crippen LogP contribution in [-0.4, -0.2) is 11.7 Å². The monoisotopic (exact) mass is 268 g/mol. The summed E-state index contributed by atoms with van der Waals surface area (Å²) < 4.78 is 0. The number of benzene rings is 2. The summed E-state index contributed by atoms with van der Waals surface area (Å²) in [4.78, 5) is 23.4. The van der Waals surface area contributed by atoms with E-state index in [-0.39, 0.29) is 11.7 Å². The topological polar surface area (TPSA) is 72.2 Å². The molecule has 20 heavy (non-hydrogen) atoms. The third-order valence-electron chi connectivity index (χ3n) is 3.07. The molecule has 1 amide bonds. The molecule has 0 spiro atoms. The second-order valence-corrected chi connectivity index (χ2v) is 4.66. The highest BCUT2D eigenvalue weighted by Crippen LogP contribution is 2.16. The number of ketones is 1. The molecule has 0 atom stereocenters. The van der Waals surface area contributed by atoms with Crippen molar-refractivity contribution < 1.29 is 9.59 Å². The molecule has 0 bridgehead atoms. The number of nitrogens with one attached hydrogen (secondary N) is 1. The molecule has 0 saturated carbocycles. The number of anilines is 2. The quantitative estimate of drug-likeness (QED) is 0.664. The molecule has 2 aromatic carbocycles. The second-order valence-electron chi connectivity index (χ2n) is 4.66. The van der Waals surface area contributed by atoms with Gasteiger partial charge in [0.1, 0.15) is 0 Å². The van der Waals surface area contributed by atoms with E-state index in [1.807, 2.05) is 6.92 Å². The fourth-order valence-corrected chi connectivity index (χ4v) is 1.80. The Kier molecular flexibility index (Phi) is 3.84. The smallest absolute Gasteiger partial charge is 0.255 e. The van der Waals surface area contributed by atoms with Crippen molar-refractivity contribution in [2.45, 2.75) is 13.8 Å². The van der Waals surface area contributed by atoms with Gasteiger partial charge in [0.25, 0.3) is 5.91 Å². The van der Waals surface area contributed by atoms with Gasteiger partial charge in [0.15, 0.2) is 5.78 Å². The van der Waals surface area contributed by atoms with Crippen molar-refractivity contribution in [3.8, 4) is 0 Å². The first-order chi connectivity index (χ1) is 9.47. The van der Waals surface area contributed by atoms with E-state index in [0.717, 1.165) is 5.56 Å². The number of carbonyl (C=O) groups is 2. The number of nitrogen functional groups attached to an aromatic ring is 1. The Morgan fingerprint density at radius 1 is 1.05 bits per heavy atom. The minimum atomic E-state index is -0.252. The average molecular weight is 268 g/mol. The number of nitrogens with two attached hydrogens (primary N) is 1. The molecule has 0 saturated heterocycles. The van der Waals surface area contributed by atoms with Gasteiger partial charge >= 0.3 is 0 Å². The zero-order chi connectivity index (χ0) is 14.7. The third kappa shape index (κ3) is 3.03. The van der Waals surface area contributed by atoms with Crippen LogP contribution in [0.1, 0.15) is 33.2 Å². The molecule has 0 heterocycles. The largest absolute Gasteiger partial charge is 0.398 e. The SMILES string of the molecule is CC(=O)c1cccc(NC(=O)c2ccc(C)c(N)c2)c1. The fourth-order valence-electron chi connectivity index (χ4n) is 1.80. The first kappa shape index (κ1) is 13.8. The average Bonchev–Trinajstić information content (AvgIpc) is 2.42. The Labute approximate surface area is 117 Å². The molecular formula is C16H16N2O2. The van der Waals surface area contributed by atoms with E-state index in [2.05, 4.69) is 5.32 Å². The maximum atomic E-state index is 12.1. The molecule has 0 aliphatic carbocycles. The summed E-state index contributed by atoms with van der Waals surface area (Å²) in [5, 5.41) is 2.75. The molecule has 4 heteroatoms. The number of rotatable bonds is 3. The standard InChI is InChI=1S/C16H16N2O2/c1-10-6-7-13(9-15(10)17)16(20)18-14-5-3-4-12(8-14)11(2)19/h3-9H,17H2,1-2H3,(H,18,20). The van der Waals surface area contributed by atoms with E-state index in [1.54, 1.807) is 42.5 Å². The van der Waals surface area contributed by atoms with E-state index >= 15 is 0 Å². The van der Waals surface area contributed by atoms with Crippen LogP contribution in [-0.2, 0) is 0 Å². The molecule has 2 rings (SSSR count). The predicted octanol–water partition coefficient (Wildman–Crippen LogP) is 3.03. The number of amides is 1. The molecule has 102 valence electrons. The summed E-state index contributed by atoms with van der Waals surface area (Å²) in [6.45, 7) is 3.37. The van der Waals surface area contributed by atoms with Gasteiger partial charge in [-0.15, -0.1) is 0 Å². The molecule has 2 aromatic rings. The zero-order valence-corrected chi connectivity index (χ0v) is 11.4. The Bertz CT molecular complexity index is 678.